The number of rotatable bonds is 5. The molecule has 0 fully saturated rings. The predicted molar refractivity (Wildman–Crippen MR) is 100 cm³/mol. The van der Waals surface area contributed by atoms with Crippen LogP contribution in [0.15, 0.2) is 40.1 Å². The molecule has 0 bridgehead atoms. The summed E-state index contributed by atoms with van der Waals surface area (Å²) in [7, 11) is 0. The summed E-state index contributed by atoms with van der Waals surface area (Å²) >= 11 is 0. The third-order valence-corrected chi connectivity index (χ3v) is 3.93. The van der Waals surface area contributed by atoms with Gasteiger partial charge in [-0.25, -0.2) is 4.68 Å². The lowest BCUT2D eigenvalue weighted by atomic mass is 10.1. The Hall–Kier alpha value is -2.36. The monoisotopic (exact) mass is 326 g/mol. The highest BCUT2D eigenvalue weighted by atomic mass is 16.2. The molecule has 0 unspecified atom stereocenters. The molecule has 1 aromatic heterocycles. The predicted octanol–water partition coefficient (Wildman–Crippen LogP) is 3.80. The van der Waals surface area contributed by atoms with Crippen molar-refractivity contribution in [3.63, 3.8) is 0 Å². The number of nitrogens with one attached hydrogen (secondary N) is 1. The molecular weight excluding hydrogens is 300 g/mol. The fourth-order valence-corrected chi connectivity index (χ4v) is 2.47. The number of hydrogen-bond acceptors (Lipinski definition) is 2. The highest BCUT2D eigenvalue weighted by Crippen LogP contribution is 2.11. The molecule has 1 N–H and O–H groups in total. The Morgan fingerprint density at radius 3 is 2.33 bits per heavy atom. The highest BCUT2D eigenvalue weighted by Gasteiger charge is 2.17. The fourth-order valence-electron chi connectivity index (χ4n) is 2.47. The topological polar surface area (TPSA) is 54.9 Å². The van der Waals surface area contributed by atoms with Gasteiger partial charge in [0.2, 0.25) is 0 Å². The Morgan fingerprint density at radius 1 is 1.08 bits per heavy atom. The van der Waals surface area contributed by atoms with Crippen molar-refractivity contribution >= 4 is 12.2 Å². The Balaban J connectivity index is 2.22. The van der Waals surface area contributed by atoms with Gasteiger partial charge in [0.05, 0.1) is 5.54 Å². The first kappa shape index (κ1) is 18.0. The molecule has 0 saturated heterocycles. The van der Waals surface area contributed by atoms with Crippen LogP contribution in [-0.4, -0.2) is 9.78 Å². The first-order valence-corrected chi connectivity index (χ1v) is 8.45. The maximum absolute atomic E-state index is 12.2. The molecule has 2 rings (SSSR count). The minimum absolute atomic E-state index is 0.371. The van der Waals surface area contributed by atoms with Gasteiger partial charge in [0.25, 0.3) is 5.43 Å². The summed E-state index contributed by atoms with van der Waals surface area (Å²) in [6, 6.07) is 8.28. The Labute approximate surface area is 142 Å². The molecule has 0 amide bonds. The molecule has 2 aromatic rings. The van der Waals surface area contributed by atoms with Crippen molar-refractivity contribution in [3.05, 3.63) is 67.7 Å². The third kappa shape index (κ3) is 4.34. The van der Waals surface area contributed by atoms with Crippen LogP contribution in [0.1, 0.15) is 57.2 Å². The zero-order valence-corrected chi connectivity index (χ0v) is 14.9. The normalized spacial score (nSPS) is 12.0. The van der Waals surface area contributed by atoms with E-state index < -0.39 is 16.5 Å². The van der Waals surface area contributed by atoms with Gasteiger partial charge in [-0.1, -0.05) is 43.7 Å². The summed E-state index contributed by atoms with van der Waals surface area (Å²) in [6.07, 6.45) is 8.59. The number of H-pyrrole nitrogens is 1. The summed E-state index contributed by atoms with van der Waals surface area (Å²) in [5.74, 6) is 0. The van der Waals surface area contributed by atoms with E-state index in [0.29, 0.717) is 5.56 Å². The van der Waals surface area contributed by atoms with Gasteiger partial charge < -0.3 is 5.10 Å². The minimum atomic E-state index is -0.528. The summed E-state index contributed by atoms with van der Waals surface area (Å²) in [6.45, 7) is 7.81. The van der Waals surface area contributed by atoms with Gasteiger partial charge in [0.15, 0.2) is 0 Å². The second kappa shape index (κ2) is 7.47. The van der Waals surface area contributed by atoms with Crippen LogP contribution in [0.5, 0.6) is 0 Å². The Bertz CT molecular complexity index is 818. The molecule has 0 aliphatic carbocycles. The van der Waals surface area contributed by atoms with Gasteiger partial charge >= 0.3 is 5.56 Å². The van der Waals surface area contributed by atoms with Crippen LogP contribution in [0.3, 0.4) is 0 Å². The average molecular weight is 326 g/mol. The number of aromatic nitrogens is 2. The SMILES string of the molecule is CCCCc1ccc(/C=C/c2c[nH]n(C(C)(C)C)c(=O)c2=O)cc1. The zero-order valence-electron chi connectivity index (χ0n) is 14.9. The quantitative estimate of drug-likeness (QED) is 0.850. The molecule has 0 saturated carbocycles. The first-order valence-electron chi connectivity index (χ1n) is 8.45. The Morgan fingerprint density at radius 2 is 1.75 bits per heavy atom. The number of benzene rings is 1. The van der Waals surface area contributed by atoms with Crippen LogP contribution in [0, 0.1) is 0 Å². The van der Waals surface area contributed by atoms with Crippen LogP contribution in [0.2, 0.25) is 0 Å². The van der Waals surface area contributed by atoms with E-state index in [1.54, 1.807) is 12.3 Å². The number of nitrogens with zero attached hydrogens (tertiary/aromatic N) is 1. The number of hydrogen-bond donors (Lipinski definition) is 1. The maximum Gasteiger partial charge on any atom is 0.313 e. The second-order valence-corrected chi connectivity index (χ2v) is 7.05. The minimum Gasteiger partial charge on any atom is -0.302 e. The lowest BCUT2D eigenvalue weighted by Gasteiger charge is -2.21. The van der Waals surface area contributed by atoms with Gasteiger partial charge in [0, 0.05) is 11.8 Å². The van der Waals surface area contributed by atoms with Crippen molar-refractivity contribution in [2.75, 3.05) is 0 Å². The van der Waals surface area contributed by atoms with Crippen LogP contribution in [0.25, 0.3) is 12.2 Å². The number of aromatic amines is 1. The standard InChI is InChI=1S/C20H26N2O2/c1-5-6-7-15-8-10-16(11-9-15)12-13-17-14-21-22(20(2,3)4)19(24)18(17)23/h8-14,21H,5-7H2,1-4H3/b13-12+. The number of unbranched alkanes of at least 4 members (excludes halogenated alkanes) is 1. The zero-order chi connectivity index (χ0) is 17.7. The lowest BCUT2D eigenvalue weighted by Crippen LogP contribution is -2.44. The van der Waals surface area contributed by atoms with Crippen molar-refractivity contribution in [2.24, 2.45) is 0 Å². The molecule has 4 heteroatoms. The van der Waals surface area contributed by atoms with E-state index in [4.69, 9.17) is 0 Å². The first-order chi connectivity index (χ1) is 11.3. The van der Waals surface area contributed by atoms with Gasteiger partial charge in [-0.05, 0) is 50.8 Å². The van der Waals surface area contributed by atoms with Crippen molar-refractivity contribution in [1.82, 2.24) is 9.78 Å². The van der Waals surface area contributed by atoms with Gasteiger partial charge in [-0.15, -0.1) is 0 Å². The molecule has 0 radical (unpaired) electrons. The van der Waals surface area contributed by atoms with E-state index in [1.807, 2.05) is 39.0 Å². The van der Waals surface area contributed by atoms with E-state index in [0.717, 1.165) is 12.0 Å². The molecule has 128 valence electrons. The fraction of sp³-hybridized carbons (Fsp3) is 0.400. The summed E-state index contributed by atoms with van der Waals surface area (Å²) < 4.78 is 1.36. The van der Waals surface area contributed by atoms with Gasteiger partial charge in [0.1, 0.15) is 0 Å². The van der Waals surface area contributed by atoms with E-state index in [1.165, 1.54) is 23.1 Å². The molecule has 0 atom stereocenters. The molecule has 24 heavy (non-hydrogen) atoms. The second-order valence-electron chi connectivity index (χ2n) is 7.05. The van der Waals surface area contributed by atoms with Crippen LogP contribution >= 0.6 is 0 Å². The van der Waals surface area contributed by atoms with E-state index >= 15 is 0 Å². The van der Waals surface area contributed by atoms with E-state index in [2.05, 4.69) is 24.2 Å². The molecular formula is C20H26N2O2. The van der Waals surface area contributed by atoms with Crippen molar-refractivity contribution in [2.45, 2.75) is 52.5 Å². The smallest absolute Gasteiger partial charge is 0.302 e. The van der Waals surface area contributed by atoms with Crippen LogP contribution in [-0.2, 0) is 12.0 Å². The largest absolute Gasteiger partial charge is 0.313 e. The molecule has 0 spiro atoms. The van der Waals surface area contributed by atoms with E-state index in [-0.39, 0.29) is 0 Å². The summed E-state index contributed by atoms with van der Waals surface area (Å²) in [5, 5.41) is 2.91. The molecule has 4 nitrogen and oxygen atoms in total. The Kier molecular flexibility index (Phi) is 5.60. The average Bonchev–Trinajstić information content (AvgIpc) is 2.54. The van der Waals surface area contributed by atoms with Crippen molar-refractivity contribution in [1.29, 1.82) is 0 Å². The summed E-state index contributed by atoms with van der Waals surface area (Å²) in [5.41, 5.74) is 1.23. The maximum atomic E-state index is 12.2. The van der Waals surface area contributed by atoms with Crippen LogP contribution < -0.4 is 11.0 Å². The lowest BCUT2D eigenvalue weighted by molar-refractivity contribution is 0.336. The molecule has 0 aliphatic heterocycles. The van der Waals surface area contributed by atoms with Gasteiger partial charge in [-0.2, -0.15) is 0 Å². The molecule has 0 aliphatic rings. The molecule has 1 heterocycles. The van der Waals surface area contributed by atoms with Crippen LogP contribution in [0.4, 0.5) is 0 Å². The van der Waals surface area contributed by atoms with E-state index in [9.17, 15) is 9.59 Å². The summed E-state index contributed by atoms with van der Waals surface area (Å²) in [4.78, 5) is 24.4. The number of aryl methyl sites for hydroxylation is 1. The van der Waals surface area contributed by atoms with Gasteiger partial charge in [-0.3, -0.25) is 9.59 Å². The highest BCUT2D eigenvalue weighted by molar-refractivity contribution is 5.69. The van der Waals surface area contributed by atoms with Crippen molar-refractivity contribution in [3.8, 4) is 0 Å². The van der Waals surface area contributed by atoms with Crippen molar-refractivity contribution < 1.29 is 0 Å². The third-order valence-electron chi connectivity index (χ3n) is 3.93. The molecule has 1 aromatic carbocycles.